The van der Waals surface area contributed by atoms with Crippen LogP contribution in [0.4, 0.5) is 0 Å². The van der Waals surface area contributed by atoms with Gasteiger partial charge < -0.3 is 9.26 Å². The number of nitrogens with zero attached hydrogens (tertiary/aromatic N) is 1. The predicted octanol–water partition coefficient (Wildman–Crippen LogP) is 4.87. The second-order valence-corrected chi connectivity index (χ2v) is 6.87. The number of benzene rings is 2. The lowest BCUT2D eigenvalue weighted by atomic mass is 10.1. The molecule has 0 aliphatic carbocycles. The zero-order valence-electron chi connectivity index (χ0n) is 15.1. The van der Waals surface area contributed by atoms with Crippen molar-refractivity contribution in [2.45, 2.75) is 38.7 Å². The predicted molar refractivity (Wildman–Crippen MR) is 101 cm³/mol. The van der Waals surface area contributed by atoms with Gasteiger partial charge in [-0.15, -0.1) is 0 Å². The van der Waals surface area contributed by atoms with Gasteiger partial charge in [-0.3, -0.25) is 4.79 Å². The molecular formula is C22H23NO3. The highest BCUT2D eigenvalue weighted by Gasteiger charge is 2.17. The fourth-order valence-electron chi connectivity index (χ4n) is 2.69. The zero-order valence-corrected chi connectivity index (χ0v) is 15.1. The molecule has 1 heterocycles. The molecule has 0 aliphatic rings. The van der Waals surface area contributed by atoms with Crippen LogP contribution in [0.15, 0.2) is 65.2 Å². The largest absolute Gasteiger partial charge is 0.480 e. The number of carbonyl (C=O) groups excluding carboxylic acids is 1. The van der Waals surface area contributed by atoms with Crippen LogP contribution in [0.1, 0.15) is 31.6 Å². The Morgan fingerprint density at radius 2 is 1.77 bits per heavy atom. The molecule has 0 saturated carbocycles. The fourth-order valence-corrected chi connectivity index (χ4v) is 2.69. The van der Waals surface area contributed by atoms with E-state index in [9.17, 15) is 4.79 Å². The van der Waals surface area contributed by atoms with Crippen molar-refractivity contribution in [3.8, 4) is 17.0 Å². The van der Waals surface area contributed by atoms with E-state index in [4.69, 9.17) is 9.26 Å². The number of carbonyl (C=O) groups is 1. The molecule has 0 saturated heterocycles. The Labute approximate surface area is 153 Å². The van der Waals surface area contributed by atoms with E-state index in [2.05, 4.69) is 5.16 Å². The number of aromatic nitrogens is 1. The molecular weight excluding hydrogens is 326 g/mol. The van der Waals surface area contributed by atoms with Gasteiger partial charge in [-0.25, -0.2) is 0 Å². The maximum absolute atomic E-state index is 10.9. The quantitative estimate of drug-likeness (QED) is 0.544. The summed E-state index contributed by atoms with van der Waals surface area (Å²) >= 11 is 0. The number of hydrogen-bond donors (Lipinski definition) is 0. The lowest BCUT2D eigenvalue weighted by Gasteiger charge is -2.19. The molecule has 0 amide bonds. The highest BCUT2D eigenvalue weighted by Crippen LogP contribution is 2.21. The maximum atomic E-state index is 10.9. The van der Waals surface area contributed by atoms with E-state index < -0.39 is 5.60 Å². The Morgan fingerprint density at radius 1 is 1.04 bits per heavy atom. The molecule has 4 heteroatoms. The third-order valence-electron chi connectivity index (χ3n) is 4.11. The van der Waals surface area contributed by atoms with Crippen molar-refractivity contribution < 1.29 is 14.1 Å². The van der Waals surface area contributed by atoms with Crippen LogP contribution in [-0.4, -0.2) is 17.0 Å². The van der Waals surface area contributed by atoms with Crippen molar-refractivity contribution in [3.63, 3.8) is 0 Å². The summed E-state index contributed by atoms with van der Waals surface area (Å²) in [5.74, 6) is 1.60. The van der Waals surface area contributed by atoms with E-state index in [1.165, 1.54) is 5.56 Å². The average molecular weight is 349 g/mol. The Morgan fingerprint density at radius 3 is 2.46 bits per heavy atom. The lowest BCUT2D eigenvalue weighted by Crippen LogP contribution is -2.29. The lowest BCUT2D eigenvalue weighted by molar-refractivity contribution is -0.118. The topological polar surface area (TPSA) is 52.3 Å². The van der Waals surface area contributed by atoms with Crippen LogP contribution in [0.3, 0.4) is 0 Å². The molecule has 0 fully saturated rings. The van der Waals surface area contributed by atoms with E-state index in [0.29, 0.717) is 5.75 Å². The first-order valence-electron chi connectivity index (χ1n) is 8.81. The molecule has 0 spiro atoms. The van der Waals surface area contributed by atoms with Gasteiger partial charge >= 0.3 is 0 Å². The monoisotopic (exact) mass is 349 g/mol. The van der Waals surface area contributed by atoms with Crippen molar-refractivity contribution in [2.24, 2.45) is 0 Å². The summed E-state index contributed by atoms with van der Waals surface area (Å²) in [6.07, 6.45) is 3.57. The highest BCUT2D eigenvalue weighted by molar-refractivity contribution is 5.61. The summed E-state index contributed by atoms with van der Waals surface area (Å²) in [7, 11) is 0. The molecule has 4 nitrogen and oxygen atoms in total. The highest BCUT2D eigenvalue weighted by atomic mass is 16.5. The Hall–Kier alpha value is -2.88. The van der Waals surface area contributed by atoms with E-state index in [-0.39, 0.29) is 0 Å². The summed E-state index contributed by atoms with van der Waals surface area (Å²) in [6, 6.07) is 19.9. The Balaban J connectivity index is 1.51. The first-order valence-corrected chi connectivity index (χ1v) is 8.81. The number of hydrogen-bond acceptors (Lipinski definition) is 4. The van der Waals surface area contributed by atoms with Gasteiger partial charge in [-0.2, -0.15) is 0 Å². The molecule has 3 aromatic rings. The molecule has 0 bridgehead atoms. The molecule has 0 atom stereocenters. The Bertz CT molecular complexity index is 835. The van der Waals surface area contributed by atoms with Gasteiger partial charge in [0.1, 0.15) is 17.2 Å². The van der Waals surface area contributed by atoms with E-state index >= 15 is 0 Å². The van der Waals surface area contributed by atoms with Crippen LogP contribution < -0.4 is 4.74 Å². The minimum absolute atomic E-state index is 0.702. The summed E-state index contributed by atoms with van der Waals surface area (Å²) in [5, 5.41) is 4.15. The van der Waals surface area contributed by atoms with Crippen LogP contribution >= 0.6 is 0 Å². The smallest absolute Gasteiger partial charge is 0.162 e. The minimum atomic E-state index is -0.801. The fraction of sp³-hybridized carbons (Fsp3) is 0.273. The van der Waals surface area contributed by atoms with E-state index in [0.717, 1.165) is 42.6 Å². The second kappa shape index (κ2) is 8.00. The van der Waals surface area contributed by atoms with Gasteiger partial charge in [-0.05, 0) is 44.4 Å². The van der Waals surface area contributed by atoms with Crippen LogP contribution in [-0.2, 0) is 17.6 Å². The molecule has 1 aromatic heterocycles. The van der Waals surface area contributed by atoms with Crippen molar-refractivity contribution in [2.75, 3.05) is 0 Å². The summed E-state index contributed by atoms with van der Waals surface area (Å²) < 4.78 is 11.1. The van der Waals surface area contributed by atoms with Gasteiger partial charge in [0.15, 0.2) is 11.9 Å². The van der Waals surface area contributed by atoms with Crippen molar-refractivity contribution in [1.29, 1.82) is 0 Å². The molecule has 26 heavy (non-hydrogen) atoms. The van der Waals surface area contributed by atoms with Crippen LogP contribution in [0.5, 0.6) is 5.75 Å². The van der Waals surface area contributed by atoms with Crippen molar-refractivity contribution in [3.05, 3.63) is 72.0 Å². The SMILES string of the molecule is CC(C)(C=O)Oc1ccc(CCCc2cc(-c3ccccc3)no2)cc1. The molecule has 3 rings (SSSR count). The molecule has 0 N–H and O–H groups in total. The number of aryl methyl sites for hydroxylation is 2. The van der Waals surface area contributed by atoms with Gasteiger partial charge in [0.05, 0.1) is 0 Å². The average Bonchev–Trinajstić information content (AvgIpc) is 3.13. The molecule has 0 unspecified atom stereocenters. The Kier molecular flexibility index (Phi) is 5.52. The normalized spacial score (nSPS) is 11.3. The summed E-state index contributed by atoms with van der Waals surface area (Å²) in [4.78, 5) is 10.9. The van der Waals surface area contributed by atoms with E-state index in [1.54, 1.807) is 13.8 Å². The van der Waals surface area contributed by atoms with Crippen molar-refractivity contribution >= 4 is 6.29 Å². The number of ether oxygens (including phenoxy) is 1. The summed E-state index contributed by atoms with van der Waals surface area (Å²) in [6.45, 7) is 3.49. The van der Waals surface area contributed by atoms with Crippen LogP contribution in [0, 0.1) is 0 Å². The van der Waals surface area contributed by atoms with Gasteiger partial charge in [-0.1, -0.05) is 47.6 Å². The third kappa shape index (κ3) is 4.82. The standard InChI is InChI=1S/C22H23NO3/c1-22(2,16-24)25-19-13-11-17(12-14-19)7-6-10-20-15-21(23-26-20)18-8-4-3-5-9-18/h3-5,8-9,11-16H,6-7,10H2,1-2H3. The number of rotatable bonds is 8. The van der Waals surface area contributed by atoms with Gasteiger partial charge in [0.25, 0.3) is 0 Å². The number of aldehydes is 1. The van der Waals surface area contributed by atoms with Crippen LogP contribution in [0.2, 0.25) is 0 Å². The minimum Gasteiger partial charge on any atom is -0.480 e. The van der Waals surface area contributed by atoms with Gasteiger partial charge in [0.2, 0.25) is 0 Å². The first-order chi connectivity index (χ1) is 12.6. The van der Waals surface area contributed by atoms with Crippen LogP contribution in [0.25, 0.3) is 11.3 Å². The second-order valence-electron chi connectivity index (χ2n) is 6.87. The molecule has 0 radical (unpaired) electrons. The molecule has 134 valence electrons. The van der Waals surface area contributed by atoms with E-state index in [1.807, 2.05) is 60.7 Å². The first kappa shape index (κ1) is 17.9. The third-order valence-corrected chi connectivity index (χ3v) is 4.11. The van der Waals surface area contributed by atoms with Crippen molar-refractivity contribution in [1.82, 2.24) is 5.16 Å². The van der Waals surface area contributed by atoms with Gasteiger partial charge in [0, 0.05) is 18.1 Å². The maximum Gasteiger partial charge on any atom is 0.162 e. The molecule has 0 aliphatic heterocycles. The zero-order chi connectivity index (χ0) is 18.4. The molecule has 2 aromatic carbocycles. The summed E-state index contributed by atoms with van der Waals surface area (Å²) in [5.41, 5.74) is 2.37.